The van der Waals surface area contributed by atoms with E-state index in [0.717, 1.165) is 0 Å². The van der Waals surface area contributed by atoms with Crippen LogP contribution in [0.1, 0.15) is 30.5 Å². The van der Waals surface area contributed by atoms with E-state index in [-0.39, 0.29) is 0 Å². The van der Waals surface area contributed by atoms with Crippen LogP contribution in [0.15, 0.2) is 30.3 Å². The van der Waals surface area contributed by atoms with Gasteiger partial charge in [-0.3, -0.25) is 0 Å². The van der Waals surface area contributed by atoms with Crippen molar-refractivity contribution in [1.82, 2.24) is 4.57 Å². The first kappa shape index (κ1) is 8.78. The third kappa shape index (κ3) is 1.09. The van der Waals surface area contributed by atoms with Crippen molar-refractivity contribution in [1.29, 1.82) is 0 Å². The normalized spacial score (nSPS) is 19.5. The average Bonchev–Trinajstić information content (AvgIpc) is 2.55. The minimum Gasteiger partial charge on any atom is -0.344 e. The Balaban J connectivity index is 2.47. The number of hydrogen-bond donors (Lipinski definition) is 0. The maximum Gasteiger partial charge on any atom is 0.0485 e. The third-order valence-electron chi connectivity index (χ3n) is 3.45. The second-order valence-electron chi connectivity index (χ2n) is 4.41. The highest BCUT2D eigenvalue weighted by Gasteiger charge is 2.19. The van der Waals surface area contributed by atoms with Gasteiger partial charge >= 0.3 is 0 Å². The number of benzene rings is 1. The Morgan fingerprint density at radius 3 is 2.93 bits per heavy atom. The molecule has 1 nitrogen and oxygen atoms in total. The van der Waals surface area contributed by atoms with E-state index < -0.39 is 0 Å². The molecule has 1 aliphatic carbocycles. The molecular formula is C14H15N. The third-order valence-corrected chi connectivity index (χ3v) is 3.45. The predicted octanol–water partition coefficient (Wildman–Crippen LogP) is 3.70. The molecule has 1 atom stereocenters. The molecule has 1 aliphatic rings. The summed E-state index contributed by atoms with van der Waals surface area (Å²) < 4.78 is 2.30. The molecule has 0 bridgehead atoms. The fourth-order valence-electron chi connectivity index (χ4n) is 2.66. The quantitative estimate of drug-likeness (QED) is 0.607. The lowest BCUT2D eigenvalue weighted by Crippen LogP contribution is -2.00. The second-order valence-corrected chi connectivity index (χ2v) is 4.41. The molecule has 0 amide bonds. The molecule has 2 aromatic rings. The summed E-state index contributed by atoms with van der Waals surface area (Å²) >= 11 is 0. The van der Waals surface area contributed by atoms with Crippen molar-refractivity contribution in [3.05, 3.63) is 41.6 Å². The van der Waals surface area contributed by atoms with Gasteiger partial charge in [0.15, 0.2) is 0 Å². The molecule has 1 aromatic heterocycles. The van der Waals surface area contributed by atoms with Crippen LogP contribution in [-0.2, 0) is 7.05 Å². The SMILES string of the molecule is C[C@@H]1CC=Cc2c1c1ccccc1n2C. The van der Waals surface area contributed by atoms with Gasteiger partial charge in [-0.25, -0.2) is 0 Å². The molecule has 0 saturated carbocycles. The van der Waals surface area contributed by atoms with Crippen LogP contribution in [0, 0.1) is 0 Å². The van der Waals surface area contributed by atoms with Crippen LogP contribution in [0.25, 0.3) is 17.0 Å². The van der Waals surface area contributed by atoms with Gasteiger partial charge in [0.1, 0.15) is 0 Å². The van der Waals surface area contributed by atoms with Crippen molar-refractivity contribution in [2.45, 2.75) is 19.3 Å². The maximum absolute atomic E-state index is 2.31. The highest BCUT2D eigenvalue weighted by Crippen LogP contribution is 2.36. The molecule has 0 unspecified atom stereocenters. The van der Waals surface area contributed by atoms with Crippen molar-refractivity contribution >= 4 is 17.0 Å². The molecule has 0 radical (unpaired) electrons. The first-order chi connectivity index (χ1) is 7.29. The fourth-order valence-corrected chi connectivity index (χ4v) is 2.66. The monoisotopic (exact) mass is 197 g/mol. The van der Waals surface area contributed by atoms with Gasteiger partial charge in [-0.05, 0) is 30.0 Å². The molecule has 0 aliphatic heterocycles. The summed E-state index contributed by atoms with van der Waals surface area (Å²) in [7, 11) is 2.16. The number of nitrogens with zero attached hydrogens (tertiary/aromatic N) is 1. The van der Waals surface area contributed by atoms with Gasteiger partial charge in [0, 0.05) is 23.6 Å². The lowest BCUT2D eigenvalue weighted by atomic mass is 9.91. The molecule has 0 spiro atoms. The van der Waals surface area contributed by atoms with E-state index in [4.69, 9.17) is 0 Å². The van der Waals surface area contributed by atoms with Gasteiger partial charge in [-0.15, -0.1) is 0 Å². The summed E-state index contributed by atoms with van der Waals surface area (Å²) in [6.07, 6.45) is 5.71. The van der Waals surface area contributed by atoms with E-state index in [1.807, 2.05) is 0 Å². The van der Waals surface area contributed by atoms with Crippen LogP contribution < -0.4 is 0 Å². The lowest BCUT2D eigenvalue weighted by molar-refractivity contribution is 0.765. The minimum absolute atomic E-state index is 0.649. The highest BCUT2D eigenvalue weighted by atomic mass is 14.9. The van der Waals surface area contributed by atoms with E-state index in [9.17, 15) is 0 Å². The van der Waals surface area contributed by atoms with E-state index in [1.165, 1.54) is 28.6 Å². The molecule has 15 heavy (non-hydrogen) atoms. The number of hydrogen-bond acceptors (Lipinski definition) is 0. The van der Waals surface area contributed by atoms with Crippen LogP contribution in [-0.4, -0.2) is 4.57 Å². The Morgan fingerprint density at radius 1 is 1.27 bits per heavy atom. The van der Waals surface area contributed by atoms with Crippen LogP contribution in [0.3, 0.4) is 0 Å². The van der Waals surface area contributed by atoms with Crippen molar-refractivity contribution < 1.29 is 0 Å². The molecule has 3 rings (SSSR count). The van der Waals surface area contributed by atoms with E-state index in [2.05, 4.69) is 55.0 Å². The Kier molecular flexibility index (Phi) is 1.75. The van der Waals surface area contributed by atoms with Gasteiger partial charge in [0.05, 0.1) is 0 Å². The highest BCUT2D eigenvalue weighted by molar-refractivity contribution is 5.89. The molecule has 76 valence electrons. The Morgan fingerprint density at radius 2 is 2.07 bits per heavy atom. The second kappa shape index (κ2) is 2.99. The Hall–Kier alpha value is -1.50. The van der Waals surface area contributed by atoms with Crippen LogP contribution in [0.2, 0.25) is 0 Å². The lowest BCUT2D eigenvalue weighted by Gasteiger charge is -2.15. The number of allylic oxidation sites excluding steroid dienone is 1. The topological polar surface area (TPSA) is 4.93 Å². The maximum atomic E-state index is 2.31. The molecule has 1 aromatic carbocycles. The summed E-state index contributed by atoms with van der Waals surface area (Å²) in [5.74, 6) is 0.649. The summed E-state index contributed by atoms with van der Waals surface area (Å²) in [6, 6.07) is 8.69. The van der Waals surface area contributed by atoms with Gasteiger partial charge in [-0.2, -0.15) is 0 Å². The largest absolute Gasteiger partial charge is 0.344 e. The Labute approximate surface area is 90.0 Å². The van der Waals surface area contributed by atoms with E-state index in [0.29, 0.717) is 5.92 Å². The summed E-state index contributed by atoms with van der Waals surface area (Å²) in [5, 5.41) is 1.42. The smallest absolute Gasteiger partial charge is 0.0485 e. The van der Waals surface area contributed by atoms with Crippen molar-refractivity contribution in [3.63, 3.8) is 0 Å². The number of aryl methyl sites for hydroxylation is 1. The zero-order valence-corrected chi connectivity index (χ0v) is 9.20. The molecule has 0 fully saturated rings. The summed E-state index contributed by atoms with van der Waals surface area (Å²) in [5.41, 5.74) is 4.26. The van der Waals surface area contributed by atoms with Gasteiger partial charge in [-0.1, -0.05) is 31.2 Å². The molecule has 0 N–H and O–H groups in total. The number of para-hydroxylation sites is 1. The van der Waals surface area contributed by atoms with Gasteiger partial charge in [0.25, 0.3) is 0 Å². The molecule has 0 saturated heterocycles. The standard InChI is InChI=1S/C14H15N/c1-10-6-5-9-13-14(10)11-7-3-4-8-12(11)15(13)2/h3-5,7-10H,6H2,1-2H3/t10-/m1/s1. The van der Waals surface area contributed by atoms with Crippen molar-refractivity contribution in [2.75, 3.05) is 0 Å². The van der Waals surface area contributed by atoms with Gasteiger partial charge < -0.3 is 4.57 Å². The number of fused-ring (bicyclic) bond motifs is 3. The van der Waals surface area contributed by atoms with Crippen LogP contribution in [0.5, 0.6) is 0 Å². The van der Waals surface area contributed by atoms with E-state index in [1.54, 1.807) is 0 Å². The first-order valence-corrected chi connectivity index (χ1v) is 5.53. The van der Waals surface area contributed by atoms with Gasteiger partial charge in [0.2, 0.25) is 0 Å². The molecule has 1 heterocycles. The summed E-state index contributed by atoms with van der Waals surface area (Å²) in [6.45, 7) is 2.31. The molecular weight excluding hydrogens is 182 g/mol. The Bertz CT molecular complexity index is 546. The van der Waals surface area contributed by atoms with Crippen LogP contribution >= 0.6 is 0 Å². The first-order valence-electron chi connectivity index (χ1n) is 5.53. The van der Waals surface area contributed by atoms with Crippen LogP contribution in [0.4, 0.5) is 0 Å². The zero-order chi connectivity index (χ0) is 10.4. The average molecular weight is 197 g/mol. The molecule has 1 heteroatoms. The van der Waals surface area contributed by atoms with E-state index >= 15 is 0 Å². The van der Waals surface area contributed by atoms with Crippen molar-refractivity contribution in [3.8, 4) is 0 Å². The van der Waals surface area contributed by atoms with Crippen molar-refractivity contribution in [2.24, 2.45) is 7.05 Å². The predicted molar refractivity (Wildman–Crippen MR) is 65.0 cm³/mol. The number of rotatable bonds is 0. The fraction of sp³-hybridized carbons (Fsp3) is 0.286. The zero-order valence-electron chi connectivity index (χ0n) is 9.20. The summed E-state index contributed by atoms with van der Waals surface area (Å²) in [4.78, 5) is 0. The minimum atomic E-state index is 0.649. The number of aromatic nitrogens is 1.